The summed E-state index contributed by atoms with van der Waals surface area (Å²) >= 11 is 0. The maximum Gasteiger partial charge on any atom is 0.230 e. The Kier molecular flexibility index (Phi) is 3.64. The second-order valence-corrected chi connectivity index (χ2v) is 8.54. The van der Waals surface area contributed by atoms with Crippen molar-refractivity contribution in [1.29, 1.82) is 0 Å². The minimum Gasteiger partial charge on any atom is -0.342 e. The van der Waals surface area contributed by atoms with Crippen molar-refractivity contribution < 1.29 is 9.32 Å². The van der Waals surface area contributed by atoms with E-state index in [2.05, 4.69) is 5.16 Å². The first kappa shape index (κ1) is 14.9. The van der Waals surface area contributed by atoms with E-state index >= 15 is 0 Å². The van der Waals surface area contributed by atoms with E-state index in [9.17, 15) is 4.79 Å². The standard InChI is InChI=1S/C19H27N3O2/c23-17-8-14(11-22(17)10-12-6-7-12)18-20-19(24-21-18)16-9-15(16)13-4-2-1-3-5-13/h12-16H,1-11H2/t14-,15+,16+/m0/s1. The van der Waals surface area contributed by atoms with Gasteiger partial charge in [-0.25, -0.2) is 0 Å². The third-order valence-electron chi connectivity index (χ3n) is 6.62. The molecule has 130 valence electrons. The van der Waals surface area contributed by atoms with Gasteiger partial charge in [0.25, 0.3) is 0 Å². The van der Waals surface area contributed by atoms with Gasteiger partial charge in [0, 0.05) is 31.3 Å². The van der Waals surface area contributed by atoms with Crippen LogP contribution in [0.25, 0.3) is 0 Å². The summed E-state index contributed by atoms with van der Waals surface area (Å²) in [6.07, 6.45) is 11.3. The molecule has 3 saturated carbocycles. The van der Waals surface area contributed by atoms with Crippen molar-refractivity contribution in [2.24, 2.45) is 17.8 Å². The molecular weight excluding hydrogens is 302 g/mol. The SMILES string of the molecule is O=C1C[C@H](c2noc([C@@H]3C[C@@H]3C3CCCCC3)n2)CN1CC1CC1. The summed E-state index contributed by atoms with van der Waals surface area (Å²) in [4.78, 5) is 18.9. The first-order chi connectivity index (χ1) is 11.8. The lowest BCUT2D eigenvalue weighted by Crippen LogP contribution is -2.27. The molecule has 1 aromatic heterocycles. The number of carbonyl (C=O) groups is 1. The number of carbonyl (C=O) groups excluding carboxylic acids is 1. The molecule has 1 amide bonds. The average molecular weight is 329 g/mol. The quantitative estimate of drug-likeness (QED) is 0.830. The van der Waals surface area contributed by atoms with Crippen LogP contribution in [0.1, 0.15) is 81.3 Å². The molecule has 0 bridgehead atoms. The lowest BCUT2D eigenvalue weighted by atomic mass is 9.85. The van der Waals surface area contributed by atoms with Gasteiger partial charge in [-0.1, -0.05) is 37.3 Å². The Morgan fingerprint density at radius 3 is 2.75 bits per heavy atom. The normalized spacial score (nSPS) is 34.1. The van der Waals surface area contributed by atoms with Gasteiger partial charge in [-0.2, -0.15) is 4.98 Å². The monoisotopic (exact) mass is 329 g/mol. The Labute approximate surface area is 143 Å². The molecule has 1 aromatic rings. The zero-order valence-corrected chi connectivity index (χ0v) is 14.3. The smallest absolute Gasteiger partial charge is 0.230 e. The Morgan fingerprint density at radius 1 is 1.12 bits per heavy atom. The van der Waals surface area contributed by atoms with Crippen molar-refractivity contribution in [2.75, 3.05) is 13.1 Å². The van der Waals surface area contributed by atoms with Crippen LogP contribution in [0, 0.1) is 17.8 Å². The average Bonchev–Trinajstić information content (AvgIpc) is 3.50. The van der Waals surface area contributed by atoms with Gasteiger partial charge in [-0.15, -0.1) is 0 Å². The molecular formula is C19H27N3O2. The van der Waals surface area contributed by atoms with E-state index in [1.54, 1.807) is 0 Å². The number of amides is 1. The van der Waals surface area contributed by atoms with Crippen molar-refractivity contribution in [3.63, 3.8) is 0 Å². The molecule has 0 radical (unpaired) electrons. The summed E-state index contributed by atoms with van der Waals surface area (Å²) in [6, 6.07) is 0. The topological polar surface area (TPSA) is 59.2 Å². The Hall–Kier alpha value is -1.39. The van der Waals surface area contributed by atoms with E-state index < -0.39 is 0 Å². The number of rotatable bonds is 5. The largest absolute Gasteiger partial charge is 0.342 e. The van der Waals surface area contributed by atoms with E-state index in [-0.39, 0.29) is 11.8 Å². The highest BCUT2D eigenvalue weighted by atomic mass is 16.5. The number of likely N-dealkylation sites (tertiary alicyclic amines) is 1. The number of hydrogen-bond donors (Lipinski definition) is 0. The molecule has 0 aromatic carbocycles. The molecule has 5 heteroatoms. The van der Waals surface area contributed by atoms with Gasteiger partial charge in [0.05, 0.1) is 0 Å². The van der Waals surface area contributed by atoms with Crippen LogP contribution in [0.5, 0.6) is 0 Å². The van der Waals surface area contributed by atoms with Gasteiger partial charge in [-0.3, -0.25) is 4.79 Å². The van der Waals surface area contributed by atoms with Crippen LogP contribution in [0.4, 0.5) is 0 Å². The highest BCUT2D eigenvalue weighted by molar-refractivity contribution is 5.79. The Bertz CT molecular complexity index is 618. The van der Waals surface area contributed by atoms with Gasteiger partial charge < -0.3 is 9.42 Å². The summed E-state index contributed by atoms with van der Waals surface area (Å²) < 4.78 is 5.60. The fourth-order valence-corrected chi connectivity index (χ4v) is 4.88. The fourth-order valence-electron chi connectivity index (χ4n) is 4.88. The van der Waals surface area contributed by atoms with Gasteiger partial charge in [0.15, 0.2) is 5.82 Å². The van der Waals surface area contributed by atoms with Crippen molar-refractivity contribution in [1.82, 2.24) is 15.0 Å². The van der Waals surface area contributed by atoms with Gasteiger partial charge in [0.2, 0.25) is 11.8 Å². The summed E-state index contributed by atoms with van der Waals surface area (Å²) in [6.45, 7) is 1.72. The molecule has 0 N–H and O–H groups in total. The van der Waals surface area contributed by atoms with Crippen LogP contribution in [-0.2, 0) is 4.79 Å². The molecule has 24 heavy (non-hydrogen) atoms. The minimum absolute atomic E-state index is 0.139. The van der Waals surface area contributed by atoms with Crippen molar-refractivity contribution >= 4 is 5.91 Å². The third kappa shape index (κ3) is 2.86. The predicted octanol–water partition coefficient (Wildman–Crippen LogP) is 3.48. The van der Waals surface area contributed by atoms with Crippen LogP contribution in [0.3, 0.4) is 0 Å². The number of hydrogen-bond acceptors (Lipinski definition) is 4. The molecule has 5 nitrogen and oxygen atoms in total. The van der Waals surface area contributed by atoms with E-state index in [0.717, 1.165) is 42.6 Å². The molecule has 5 rings (SSSR count). The Morgan fingerprint density at radius 2 is 1.96 bits per heavy atom. The lowest BCUT2D eigenvalue weighted by molar-refractivity contribution is -0.127. The van der Waals surface area contributed by atoms with Crippen LogP contribution in [-0.4, -0.2) is 34.0 Å². The zero-order chi connectivity index (χ0) is 16.1. The molecule has 0 unspecified atom stereocenters. The molecule has 1 saturated heterocycles. The molecule has 3 atom stereocenters. The molecule has 0 spiro atoms. The first-order valence-corrected chi connectivity index (χ1v) is 9.89. The Balaban J connectivity index is 1.21. The van der Waals surface area contributed by atoms with Crippen LogP contribution < -0.4 is 0 Å². The van der Waals surface area contributed by atoms with Crippen LogP contribution in [0.15, 0.2) is 4.52 Å². The van der Waals surface area contributed by atoms with Crippen molar-refractivity contribution in [2.45, 2.75) is 69.6 Å². The van der Waals surface area contributed by atoms with Gasteiger partial charge in [-0.05, 0) is 37.0 Å². The van der Waals surface area contributed by atoms with Crippen molar-refractivity contribution in [3.8, 4) is 0 Å². The second kappa shape index (κ2) is 5.85. The van der Waals surface area contributed by atoms with Crippen molar-refractivity contribution in [3.05, 3.63) is 11.7 Å². The van der Waals surface area contributed by atoms with Gasteiger partial charge in [0.1, 0.15) is 0 Å². The summed E-state index contributed by atoms with van der Waals surface area (Å²) in [5, 5.41) is 4.24. The predicted molar refractivity (Wildman–Crippen MR) is 88.4 cm³/mol. The molecule has 4 aliphatic rings. The highest BCUT2D eigenvalue weighted by Gasteiger charge is 2.47. The van der Waals surface area contributed by atoms with E-state index in [4.69, 9.17) is 9.51 Å². The van der Waals surface area contributed by atoms with E-state index in [1.165, 1.54) is 51.4 Å². The number of aromatic nitrogens is 2. The third-order valence-corrected chi connectivity index (χ3v) is 6.62. The maximum absolute atomic E-state index is 12.2. The zero-order valence-electron chi connectivity index (χ0n) is 14.3. The number of nitrogens with zero attached hydrogens (tertiary/aromatic N) is 3. The highest BCUT2D eigenvalue weighted by Crippen LogP contribution is 2.54. The lowest BCUT2D eigenvalue weighted by Gasteiger charge is -2.21. The fraction of sp³-hybridized carbons (Fsp3) is 0.842. The first-order valence-electron chi connectivity index (χ1n) is 9.89. The molecule has 2 heterocycles. The van der Waals surface area contributed by atoms with Gasteiger partial charge >= 0.3 is 0 Å². The van der Waals surface area contributed by atoms with E-state index in [1.807, 2.05) is 4.90 Å². The molecule has 4 fully saturated rings. The molecule has 1 aliphatic heterocycles. The summed E-state index contributed by atoms with van der Waals surface area (Å²) in [5.74, 6) is 4.91. The summed E-state index contributed by atoms with van der Waals surface area (Å²) in [5.41, 5.74) is 0. The molecule has 3 aliphatic carbocycles. The van der Waals surface area contributed by atoms with E-state index in [0.29, 0.717) is 12.3 Å². The minimum atomic E-state index is 0.139. The second-order valence-electron chi connectivity index (χ2n) is 8.54. The maximum atomic E-state index is 12.2. The summed E-state index contributed by atoms with van der Waals surface area (Å²) in [7, 11) is 0. The van der Waals surface area contributed by atoms with Crippen LogP contribution in [0.2, 0.25) is 0 Å². The van der Waals surface area contributed by atoms with Crippen LogP contribution >= 0.6 is 0 Å².